The Balaban J connectivity index is 2.03. The summed E-state index contributed by atoms with van der Waals surface area (Å²) in [7, 11) is 1.86. The van der Waals surface area contributed by atoms with Crippen LogP contribution < -0.4 is 10.5 Å². The summed E-state index contributed by atoms with van der Waals surface area (Å²) in [4.78, 5) is 0. The molecule has 0 saturated heterocycles. The highest BCUT2D eigenvalue weighted by Gasteiger charge is 2.01. The number of hydrogen-bond acceptors (Lipinski definition) is 3. The summed E-state index contributed by atoms with van der Waals surface area (Å²) >= 11 is 0. The highest BCUT2D eigenvalue weighted by atomic mass is 16.5. The van der Waals surface area contributed by atoms with Gasteiger partial charge in [0.25, 0.3) is 0 Å². The molecule has 0 bridgehead atoms. The van der Waals surface area contributed by atoms with Gasteiger partial charge in [-0.2, -0.15) is 5.10 Å². The van der Waals surface area contributed by atoms with Gasteiger partial charge in [-0.25, -0.2) is 0 Å². The molecule has 1 atom stereocenters. The van der Waals surface area contributed by atoms with E-state index in [1.165, 1.54) is 5.56 Å². The van der Waals surface area contributed by atoms with Crippen LogP contribution in [0.4, 0.5) is 0 Å². The van der Waals surface area contributed by atoms with E-state index in [0.717, 1.165) is 17.9 Å². The van der Waals surface area contributed by atoms with E-state index in [0.29, 0.717) is 0 Å². The second-order valence-electron chi connectivity index (χ2n) is 4.28. The number of nitrogens with zero attached hydrogens (tertiary/aromatic N) is 2. The van der Waals surface area contributed by atoms with E-state index >= 15 is 0 Å². The van der Waals surface area contributed by atoms with Crippen molar-refractivity contribution in [2.24, 2.45) is 12.8 Å². The maximum Gasteiger partial charge on any atom is 0.165 e. The van der Waals surface area contributed by atoms with Crippen LogP contribution in [0.2, 0.25) is 0 Å². The van der Waals surface area contributed by atoms with Gasteiger partial charge in [-0.3, -0.25) is 4.68 Å². The Morgan fingerprint density at radius 3 is 2.53 bits per heavy atom. The zero-order chi connectivity index (χ0) is 12.3. The first kappa shape index (κ1) is 11.7. The van der Waals surface area contributed by atoms with Crippen molar-refractivity contribution in [2.45, 2.75) is 19.4 Å². The Labute approximate surface area is 101 Å². The molecule has 0 amide bonds. The third kappa shape index (κ3) is 3.32. The Morgan fingerprint density at radius 2 is 2.00 bits per heavy atom. The molecule has 0 aliphatic carbocycles. The van der Waals surface area contributed by atoms with Crippen LogP contribution in [0.15, 0.2) is 36.7 Å². The third-order valence-corrected chi connectivity index (χ3v) is 2.40. The lowest BCUT2D eigenvalue weighted by Gasteiger charge is -2.06. The second-order valence-corrected chi connectivity index (χ2v) is 4.28. The zero-order valence-corrected chi connectivity index (χ0v) is 10.1. The van der Waals surface area contributed by atoms with Crippen LogP contribution in [0.5, 0.6) is 11.5 Å². The summed E-state index contributed by atoms with van der Waals surface area (Å²) in [5.41, 5.74) is 6.97. The summed E-state index contributed by atoms with van der Waals surface area (Å²) in [5.74, 6) is 1.55. The minimum absolute atomic E-state index is 0.181. The van der Waals surface area contributed by atoms with Crippen molar-refractivity contribution in [1.29, 1.82) is 0 Å². The molecule has 1 aromatic heterocycles. The lowest BCUT2D eigenvalue weighted by atomic mass is 10.1. The van der Waals surface area contributed by atoms with Gasteiger partial charge in [0, 0.05) is 13.1 Å². The molecule has 4 nitrogen and oxygen atoms in total. The number of ether oxygens (including phenoxy) is 1. The Morgan fingerprint density at radius 1 is 1.29 bits per heavy atom. The molecule has 1 aromatic carbocycles. The second kappa shape index (κ2) is 5.01. The van der Waals surface area contributed by atoms with Crippen molar-refractivity contribution in [2.75, 3.05) is 0 Å². The standard InChI is InChI=1S/C13H17N3O/c1-10(14)7-11-3-5-12(6-4-11)17-13-8-15-16(2)9-13/h3-6,8-10H,7,14H2,1-2H3. The fraction of sp³-hybridized carbons (Fsp3) is 0.308. The maximum absolute atomic E-state index is 5.75. The molecule has 0 aliphatic heterocycles. The van der Waals surface area contributed by atoms with Crippen molar-refractivity contribution in [3.63, 3.8) is 0 Å². The summed E-state index contributed by atoms with van der Waals surface area (Å²) in [6.45, 7) is 2.00. The number of aryl methyl sites for hydroxylation is 1. The van der Waals surface area contributed by atoms with Gasteiger partial charge in [-0.05, 0) is 31.0 Å². The molecule has 0 aliphatic rings. The van der Waals surface area contributed by atoms with E-state index in [9.17, 15) is 0 Å². The smallest absolute Gasteiger partial charge is 0.165 e. The molecule has 0 fully saturated rings. The molecule has 90 valence electrons. The summed E-state index contributed by atoms with van der Waals surface area (Å²) < 4.78 is 7.35. The van der Waals surface area contributed by atoms with Crippen molar-refractivity contribution in [3.05, 3.63) is 42.2 Å². The van der Waals surface area contributed by atoms with Gasteiger partial charge in [-0.1, -0.05) is 12.1 Å². The summed E-state index contributed by atoms with van der Waals surface area (Å²) in [5, 5.41) is 4.04. The van der Waals surface area contributed by atoms with Gasteiger partial charge in [0.15, 0.2) is 5.75 Å². The van der Waals surface area contributed by atoms with E-state index in [1.807, 2.05) is 44.4 Å². The zero-order valence-electron chi connectivity index (χ0n) is 10.1. The van der Waals surface area contributed by atoms with E-state index in [4.69, 9.17) is 10.5 Å². The molecule has 2 N–H and O–H groups in total. The Bertz CT molecular complexity index is 474. The van der Waals surface area contributed by atoms with Crippen molar-refractivity contribution >= 4 is 0 Å². The quantitative estimate of drug-likeness (QED) is 0.876. The predicted molar refractivity (Wildman–Crippen MR) is 67.1 cm³/mol. The molecular weight excluding hydrogens is 214 g/mol. The van der Waals surface area contributed by atoms with Crippen molar-refractivity contribution in [3.8, 4) is 11.5 Å². The normalized spacial score (nSPS) is 12.4. The van der Waals surface area contributed by atoms with Gasteiger partial charge in [0.05, 0.1) is 12.4 Å². The number of nitrogens with two attached hydrogens (primary N) is 1. The molecule has 0 radical (unpaired) electrons. The van der Waals surface area contributed by atoms with E-state index in [-0.39, 0.29) is 6.04 Å². The lowest BCUT2D eigenvalue weighted by Crippen LogP contribution is -2.17. The average Bonchev–Trinajstić information content (AvgIpc) is 2.66. The Kier molecular flexibility index (Phi) is 3.44. The molecule has 0 saturated carbocycles. The fourth-order valence-electron chi connectivity index (χ4n) is 1.65. The number of benzene rings is 1. The van der Waals surface area contributed by atoms with Crippen molar-refractivity contribution < 1.29 is 4.74 Å². The van der Waals surface area contributed by atoms with Crippen LogP contribution in [0.25, 0.3) is 0 Å². The average molecular weight is 231 g/mol. The SMILES string of the molecule is CC(N)Cc1ccc(Oc2cnn(C)c2)cc1. The van der Waals surface area contributed by atoms with E-state index < -0.39 is 0 Å². The largest absolute Gasteiger partial charge is 0.454 e. The fourth-order valence-corrected chi connectivity index (χ4v) is 1.65. The van der Waals surface area contributed by atoms with Crippen LogP contribution in [0, 0.1) is 0 Å². The van der Waals surface area contributed by atoms with Crippen LogP contribution >= 0.6 is 0 Å². The minimum Gasteiger partial charge on any atom is -0.454 e. The molecule has 4 heteroatoms. The van der Waals surface area contributed by atoms with Gasteiger partial charge in [-0.15, -0.1) is 0 Å². The first-order valence-corrected chi connectivity index (χ1v) is 5.64. The maximum atomic E-state index is 5.75. The van der Waals surface area contributed by atoms with E-state index in [2.05, 4.69) is 5.10 Å². The first-order chi connectivity index (χ1) is 8.13. The van der Waals surface area contributed by atoms with Crippen LogP contribution in [-0.4, -0.2) is 15.8 Å². The highest BCUT2D eigenvalue weighted by molar-refractivity contribution is 5.31. The number of rotatable bonds is 4. The molecule has 0 spiro atoms. The number of aromatic nitrogens is 2. The minimum atomic E-state index is 0.181. The lowest BCUT2D eigenvalue weighted by molar-refractivity contribution is 0.481. The van der Waals surface area contributed by atoms with Gasteiger partial charge in [0.1, 0.15) is 5.75 Å². The highest BCUT2D eigenvalue weighted by Crippen LogP contribution is 2.20. The van der Waals surface area contributed by atoms with E-state index in [1.54, 1.807) is 10.9 Å². The molecular formula is C13H17N3O. The van der Waals surface area contributed by atoms with Gasteiger partial charge in [0.2, 0.25) is 0 Å². The van der Waals surface area contributed by atoms with Crippen LogP contribution in [0.1, 0.15) is 12.5 Å². The summed E-state index contributed by atoms with van der Waals surface area (Å²) in [6.07, 6.45) is 4.40. The van der Waals surface area contributed by atoms with Crippen molar-refractivity contribution in [1.82, 2.24) is 9.78 Å². The monoisotopic (exact) mass is 231 g/mol. The molecule has 1 unspecified atom stereocenters. The third-order valence-electron chi connectivity index (χ3n) is 2.40. The summed E-state index contributed by atoms with van der Waals surface area (Å²) in [6, 6.07) is 8.15. The van der Waals surface area contributed by atoms with Crippen LogP contribution in [-0.2, 0) is 13.5 Å². The molecule has 2 rings (SSSR count). The predicted octanol–water partition coefficient (Wildman–Crippen LogP) is 2.10. The van der Waals surface area contributed by atoms with Gasteiger partial charge >= 0.3 is 0 Å². The van der Waals surface area contributed by atoms with Gasteiger partial charge < -0.3 is 10.5 Å². The molecule has 2 aromatic rings. The Hall–Kier alpha value is -1.81. The molecule has 17 heavy (non-hydrogen) atoms. The molecule has 1 heterocycles. The number of hydrogen-bond donors (Lipinski definition) is 1. The topological polar surface area (TPSA) is 53.1 Å². The first-order valence-electron chi connectivity index (χ1n) is 5.64. The van der Waals surface area contributed by atoms with Crippen LogP contribution in [0.3, 0.4) is 0 Å².